The minimum absolute atomic E-state index is 0.0175. The molecule has 0 bridgehead atoms. The van der Waals surface area contributed by atoms with Gasteiger partial charge in [-0.3, -0.25) is 9.59 Å². The molecule has 0 aromatic heterocycles. The van der Waals surface area contributed by atoms with E-state index in [4.69, 9.17) is 28.4 Å². The molecule has 2 aliphatic heterocycles. The van der Waals surface area contributed by atoms with E-state index >= 15 is 0 Å². The monoisotopic (exact) mass is 374 g/mol. The Bertz CT molecular complexity index is 488. The molecule has 0 radical (unpaired) electrons. The van der Waals surface area contributed by atoms with Gasteiger partial charge in [0.1, 0.15) is 12.7 Å². The maximum atomic E-state index is 11.9. The van der Waals surface area contributed by atoms with E-state index in [0.717, 1.165) is 0 Å². The molecule has 0 amide bonds. The van der Waals surface area contributed by atoms with E-state index in [9.17, 15) is 9.59 Å². The van der Waals surface area contributed by atoms with Crippen LogP contribution in [0.15, 0.2) is 0 Å². The zero-order valence-electron chi connectivity index (χ0n) is 16.1. The van der Waals surface area contributed by atoms with Gasteiger partial charge in [0.2, 0.25) is 0 Å². The van der Waals surface area contributed by atoms with E-state index < -0.39 is 17.7 Å². The van der Waals surface area contributed by atoms with Gasteiger partial charge in [-0.25, -0.2) is 0 Å². The van der Waals surface area contributed by atoms with Crippen molar-refractivity contribution >= 4 is 11.9 Å². The average Bonchev–Trinajstić information content (AvgIpc) is 3.16. The number of rotatable bonds is 9. The van der Waals surface area contributed by atoms with Crippen LogP contribution in [0, 0.1) is 0 Å². The molecule has 3 unspecified atom stereocenters. The summed E-state index contributed by atoms with van der Waals surface area (Å²) in [5.41, 5.74) is 0. The van der Waals surface area contributed by atoms with E-state index in [1.807, 2.05) is 13.8 Å². The maximum Gasteiger partial charge on any atom is 0.306 e. The van der Waals surface area contributed by atoms with Gasteiger partial charge in [-0.2, -0.15) is 0 Å². The predicted molar refractivity (Wildman–Crippen MR) is 90.2 cm³/mol. The van der Waals surface area contributed by atoms with Crippen LogP contribution in [0.1, 0.15) is 53.4 Å². The van der Waals surface area contributed by atoms with Gasteiger partial charge in [0.25, 0.3) is 0 Å². The highest BCUT2D eigenvalue weighted by Gasteiger charge is 2.35. The van der Waals surface area contributed by atoms with Crippen molar-refractivity contribution in [3.05, 3.63) is 0 Å². The number of esters is 2. The standard InChI is InChI=1S/C18H30O8/c1-13(25-16(20)6-7-17(3)22-9-10-23-17)11-21-15(19)5-8-18(4)24-12-14(2)26-18/h13-14H,5-12H2,1-4H3. The van der Waals surface area contributed by atoms with Crippen LogP contribution in [-0.2, 0) is 38.0 Å². The summed E-state index contributed by atoms with van der Waals surface area (Å²) < 4.78 is 32.4. The first-order chi connectivity index (χ1) is 12.2. The fourth-order valence-electron chi connectivity index (χ4n) is 2.88. The zero-order chi connectivity index (χ0) is 19.2. The molecular weight excluding hydrogens is 344 g/mol. The third kappa shape index (κ3) is 6.83. The van der Waals surface area contributed by atoms with Crippen LogP contribution in [0.25, 0.3) is 0 Å². The summed E-state index contributed by atoms with van der Waals surface area (Å²) in [5.74, 6) is -2.20. The van der Waals surface area contributed by atoms with Gasteiger partial charge < -0.3 is 28.4 Å². The van der Waals surface area contributed by atoms with Crippen molar-refractivity contribution in [2.45, 2.75) is 77.2 Å². The van der Waals surface area contributed by atoms with Crippen molar-refractivity contribution in [1.29, 1.82) is 0 Å². The van der Waals surface area contributed by atoms with Crippen LogP contribution in [0.5, 0.6) is 0 Å². The van der Waals surface area contributed by atoms with E-state index in [-0.39, 0.29) is 37.5 Å². The molecule has 0 aromatic rings. The molecule has 2 fully saturated rings. The Labute approximate surface area is 154 Å². The number of carbonyl (C=O) groups excluding carboxylic acids is 2. The minimum atomic E-state index is -0.739. The topological polar surface area (TPSA) is 89.5 Å². The Morgan fingerprint density at radius 3 is 2.27 bits per heavy atom. The van der Waals surface area contributed by atoms with Crippen molar-refractivity contribution < 1.29 is 38.0 Å². The molecule has 0 aliphatic carbocycles. The molecule has 3 atom stereocenters. The number of ether oxygens (including phenoxy) is 6. The summed E-state index contributed by atoms with van der Waals surface area (Å²) in [6.45, 7) is 8.83. The fraction of sp³-hybridized carbons (Fsp3) is 0.889. The quantitative estimate of drug-likeness (QED) is 0.566. The Balaban J connectivity index is 1.58. The second kappa shape index (κ2) is 9.12. The summed E-state index contributed by atoms with van der Waals surface area (Å²) in [4.78, 5) is 23.7. The van der Waals surface area contributed by atoms with E-state index in [1.165, 1.54) is 0 Å². The Morgan fingerprint density at radius 2 is 1.65 bits per heavy atom. The molecule has 150 valence electrons. The van der Waals surface area contributed by atoms with Crippen LogP contribution in [0.4, 0.5) is 0 Å². The third-order valence-electron chi connectivity index (χ3n) is 4.35. The normalized spacial score (nSPS) is 28.7. The summed E-state index contributed by atoms with van der Waals surface area (Å²) in [6, 6.07) is 0. The smallest absolute Gasteiger partial charge is 0.306 e. The molecule has 0 spiro atoms. The van der Waals surface area contributed by atoms with Crippen molar-refractivity contribution in [3.63, 3.8) is 0 Å². The highest BCUT2D eigenvalue weighted by atomic mass is 16.7. The van der Waals surface area contributed by atoms with Gasteiger partial charge in [-0.15, -0.1) is 0 Å². The number of hydrogen-bond acceptors (Lipinski definition) is 8. The van der Waals surface area contributed by atoms with Crippen molar-refractivity contribution in [3.8, 4) is 0 Å². The van der Waals surface area contributed by atoms with E-state index in [2.05, 4.69) is 0 Å². The van der Waals surface area contributed by atoms with Gasteiger partial charge in [-0.05, 0) is 27.7 Å². The van der Waals surface area contributed by atoms with Crippen LogP contribution in [-0.4, -0.2) is 62.1 Å². The lowest BCUT2D eigenvalue weighted by molar-refractivity contribution is -0.171. The molecule has 26 heavy (non-hydrogen) atoms. The first-order valence-electron chi connectivity index (χ1n) is 9.14. The molecule has 0 saturated carbocycles. The molecule has 2 rings (SSSR count). The largest absolute Gasteiger partial charge is 0.462 e. The summed E-state index contributed by atoms with van der Waals surface area (Å²) in [6.07, 6.45) is 0.715. The third-order valence-corrected chi connectivity index (χ3v) is 4.35. The number of hydrogen-bond donors (Lipinski definition) is 0. The van der Waals surface area contributed by atoms with Gasteiger partial charge >= 0.3 is 11.9 Å². The van der Waals surface area contributed by atoms with Gasteiger partial charge in [0, 0.05) is 12.8 Å². The summed E-state index contributed by atoms with van der Waals surface area (Å²) >= 11 is 0. The van der Waals surface area contributed by atoms with Crippen molar-refractivity contribution in [2.24, 2.45) is 0 Å². The van der Waals surface area contributed by atoms with Gasteiger partial charge in [0.05, 0.1) is 38.8 Å². The van der Waals surface area contributed by atoms with E-state index in [0.29, 0.717) is 32.7 Å². The number of carbonyl (C=O) groups is 2. The molecule has 2 aliphatic rings. The fourth-order valence-corrected chi connectivity index (χ4v) is 2.88. The zero-order valence-corrected chi connectivity index (χ0v) is 16.1. The average molecular weight is 374 g/mol. The second-order valence-corrected chi connectivity index (χ2v) is 7.19. The highest BCUT2D eigenvalue weighted by Crippen LogP contribution is 2.28. The van der Waals surface area contributed by atoms with Gasteiger partial charge in [-0.1, -0.05) is 0 Å². The van der Waals surface area contributed by atoms with Crippen LogP contribution in [0.3, 0.4) is 0 Å². The molecule has 8 heteroatoms. The SMILES string of the molecule is CC(COC(=O)CCC1(C)OCC(C)O1)OC(=O)CCC1(C)OCCO1. The van der Waals surface area contributed by atoms with Crippen molar-refractivity contribution in [2.75, 3.05) is 26.4 Å². The van der Waals surface area contributed by atoms with Crippen LogP contribution in [0.2, 0.25) is 0 Å². The molecule has 0 aromatic carbocycles. The Kier molecular flexibility index (Phi) is 7.40. The summed E-state index contributed by atoms with van der Waals surface area (Å²) in [7, 11) is 0. The Morgan fingerprint density at radius 1 is 1.04 bits per heavy atom. The molecule has 2 saturated heterocycles. The molecular formula is C18H30O8. The summed E-state index contributed by atoms with van der Waals surface area (Å²) in [5, 5.41) is 0. The maximum absolute atomic E-state index is 11.9. The first kappa shape index (κ1) is 21.1. The minimum Gasteiger partial charge on any atom is -0.462 e. The Hall–Kier alpha value is -1.22. The van der Waals surface area contributed by atoms with Crippen molar-refractivity contribution in [1.82, 2.24) is 0 Å². The lowest BCUT2D eigenvalue weighted by Crippen LogP contribution is -2.29. The molecule has 2 heterocycles. The first-order valence-corrected chi connectivity index (χ1v) is 9.14. The molecule has 0 N–H and O–H groups in total. The molecule has 8 nitrogen and oxygen atoms in total. The highest BCUT2D eigenvalue weighted by molar-refractivity contribution is 5.70. The lowest BCUT2D eigenvalue weighted by Gasteiger charge is -2.23. The van der Waals surface area contributed by atoms with Gasteiger partial charge in [0.15, 0.2) is 11.6 Å². The predicted octanol–water partition coefficient (Wildman–Crippen LogP) is 1.94. The van der Waals surface area contributed by atoms with Crippen LogP contribution < -0.4 is 0 Å². The second-order valence-electron chi connectivity index (χ2n) is 7.19. The van der Waals surface area contributed by atoms with Crippen LogP contribution >= 0.6 is 0 Å². The van der Waals surface area contributed by atoms with E-state index in [1.54, 1.807) is 13.8 Å². The lowest BCUT2D eigenvalue weighted by atomic mass is 10.1.